The summed E-state index contributed by atoms with van der Waals surface area (Å²) in [6.07, 6.45) is 2.60. The molecule has 9 heteroatoms. The number of carbonyl (C=O) groups is 2. The first kappa shape index (κ1) is 23.9. The minimum atomic E-state index is -0.492. The number of carbonyl (C=O) groups excluding carboxylic acids is 2. The molecule has 0 aliphatic carbocycles. The van der Waals surface area contributed by atoms with Crippen molar-refractivity contribution in [1.82, 2.24) is 4.90 Å². The van der Waals surface area contributed by atoms with Crippen LogP contribution in [0.4, 0.5) is 5.69 Å². The molecule has 0 bridgehead atoms. The van der Waals surface area contributed by atoms with Crippen LogP contribution in [-0.4, -0.2) is 42.7 Å². The summed E-state index contributed by atoms with van der Waals surface area (Å²) >= 11 is 10.0. The lowest BCUT2D eigenvalue weighted by Gasteiger charge is -2.19. The highest BCUT2D eigenvalue weighted by Gasteiger charge is 2.40. The molecule has 3 rings (SSSR count). The fraction of sp³-hybridized carbons (Fsp3) is 0.227. The van der Waals surface area contributed by atoms with Gasteiger partial charge in [-0.2, -0.15) is 0 Å². The maximum atomic E-state index is 13.5. The molecule has 1 aliphatic rings. The van der Waals surface area contributed by atoms with E-state index in [1.807, 2.05) is 36.4 Å². The van der Waals surface area contributed by atoms with Crippen molar-refractivity contribution in [3.8, 4) is 5.75 Å². The highest BCUT2D eigenvalue weighted by Crippen LogP contribution is 2.34. The number of ether oxygens (including phenoxy) is 2. The predicted octanol–water partition coefficient (Wildman–Crippen LogP) is 4.61. The van der Waals surface area contributed by atoms with Gasteiger partial charge in [0, 0.05) is 9.13 Å². The van der Waals surface area contributed by atoms with E-state index >= 15 is 0 Å². The van der Waals surface area contributed by atoms with Crippen LogP contribution in [-0.2, 0) is 20.7 Å². The summed E-state index contributed by atoms with van der Waals surface area (Å²) in [6, 6.07) is 11.5. The number of nitrogens with zero attached hydrogens (tertiary/aromatic N) is 2. The zero-order chi connectivity index (χ0) is 22.7. The molecular weight excluding hydrogens is 642 g/mol. The molecule has 0 aromatic heterocycles. The number of rotatable bonds is 6. The molecule has 0 spiro atoms. The normalized spacial score (nSPS) is 15.1. The van der Waals surface area contributed by atoms with E-state index in [0.29, 0.717) is 11.4 Å². The van der Waals surface area contributed by atoms with E-state index in [-0.39, 0.29) is 23.3 Å². The van der Waals surface area contributed by atoms with Crippen LogP contribution in [0.25, 0.3) is 6.08 Å². The fourth-order valence-corrected chi connectivity index (χ4v) is 5.65. The number of benzene rings is 2. The van der Waals surface area contributed by atoms with E-state index in [1.54, 1.807) is 13.2 Å². The summed E-state index contributed by atoms with van der Waals surface area (Å²) in [5, 5.41) is 0.227. The van der Waals surface area contributed by atoms with Gasteiger partial charge in [-0.25, -0.2) is 0 Å². The molecule has 6 nitrogen and oxygen atoms in total. The molecule has 1 aliphatic heterocycles. The Morgan fingerprint density at radius 1 is 1.16 bits per heavy atom. The maximum absolute atomic E-state index is 13.5. The molecule has 2 aromatic rings. The fourth-order valence-electron chi connectivity index (χ4n) is 3.19. The van der Waals surface area contributed by atoms with Gasteiger partial charge in [-0.3, -0.25) is 14.5 Å². The highest BCUT2D eigenvalue weighted by atomic mass is 127. The third-order valence-electron chi connectivity index (χ3n) is 4.79. The Labute approximate surface area is 213 Å². The van der Waals surface area contributed by atoms with Gasteiger partial charge in [0.1, 0.15) is 18.0 Å². The molecule has 0 radical (unpaired) electrons. The van der Waals surface area contributed by atoms with Crippen LogP contribution in [0.2, 0.25) is 0 Å². The molecule has 1 heterocycles. The SMILES string of the molecule is CCc1ccc(N2C(=O)/C(=C/c3cc(I)cc(I)c3OC)N(CC(=O)OC)C2=S)cc1. The molecule has 2 aromatic carbocycles. The van der Waals surface area contributed by atoms with Crippen molar-refractivity contribution in [2.24, 2.45) is 0 Å². The van der Waals surface area contributed by atoms with E-state index in [1.165, 1.54) is 16.9 Å². The Morgan fingerprint density at radius 3 is 2.42 bits per heavy atom. The second kappa shape index (κ2) is 10.3. The lowest BCUT2D eigenvalue weighted by Crippen LogP contribution is -2.35. The van der Waals surface area contributed by atoms with Crippen LogP contribution >= 0.6 is 57.4 Å². The first-order chi connectivity index (χ1) is 14.8. The Balaban J connectivity index is 2.12. The van der Waals surface area contributed by atoms with Crippen molar-refractivity contribution < 1.29 is 19.1 Å². The molecule has 1 saturated heterocycles. The largest absolute Gasteiger partial charge is 0.495 e. The second-order valence-corrected chi connectivity index (χ2v) is 9.42. The van der Waals surface area contributed by atoms with Gasteiger partial charge < -0.3 is 14.4 Å². The van der Waals surface area contributed by atoms with Crippen molar-refractivity contribution in [3.05, 3.63) is 60.4 Å². The molecule has 0 saturated carbocycles. The average molecular weight is 662 g/mol. The summed E-state index contributed by atoms with van der Waals surface area (Å²) in [4.78, 5) is 28.5. The molecule has 0 N–H and O–H groups in total. The number of anilines is 1. The Kier molecular flexibility index (Phi) is 7.92. The van der Waals surface area contributed by atoms with Gasteiger partial charge in [0.2, 0.25) is 0 Å². The van der Waals surface area contributed by atoms with Crippen LogP contribution in [0.3, 0.4) is 0 Å². The number of hydrogen-bond acceptors (Lipinski definition) is 5. The van der Waals surface area contributed by atoms with Gasteiger partial charge in [0.15, 0.2) is 5.11 Å². The minimum absolute atomic E-state index is 0.167. The van der Waals surface area contributed by atoms with Gasteiger partial charge in [0.05, 0.1) is 23.5 Å². The molecule has 0 unspecified atom stereocenters. The molecule has 0 atom stereocenters. The second-order valence-electron chi connectivity index (χ2n) is 6.65. The number of amides is 1. The number of aryl methyl sites for hydroxylation is 1. The molecule has 162 valence electrons. The van der Waals surface area contributed by atoms with Crippen molar-refractivity contribution in [1.29, 1.82) is 0 Å². The number of esters is 1. The van der Waals surface area contributed by atoms with Crippen LogP contribution in [0.1, 0.15) is 18.1 Å². The summed E-state index contributed by atoms with van der Waals surface area (Å²) < 4.78 is 12.3. The third kappa shape index (κ3) is 5.03. The van der Waals surface area contributed by atoms with Crippen molar-refractivity contribution in [2.45, 2.75) is 13.3 Å². The number of halogens is 2. The quantitative estimate of drug-likeness (QED) is 0.195. The van der Waals surface area contributed by atoms with Crippen molar-refractivity contribution in [2.75, 3.05) is 25.7 Å². The van der Waals surface area contributed by atoms with E-state index in [9.17, 15) is 9.59 Å². The smallest absolute Gasteiger partial charge is 0.325 e. The zero-order valence-corrected chi connectivity index (χ0v) is 22.3. The maximum Gasteiger partial charge on any atom is 0.325 e. The Morgan fingerprint density at radius 2 is 1.84 bits per heavy atom. The van der Waals surface area contributed by atoms with Crippen LogP contribution < -0.4 is 9.64 Å². The van der Waals surface area contributed by atoms with E-state index in [4.69, 9.17) is 21.7 Å². The van der Waals surface area contributed by atoms with Gasteiger partial charge in [0.25, 0.3) is 5.91 Å². The minimum Gasteiger partial charge on any atom is -0.495 e. The Hall–Kier alpha value is -1.73. The monoisotopic (exact) mass is 662 g/mol. The highest BCUT2D eigenvalue weighted by molar-refractivity contribution is 14.1. The van der Waals surface area contributed by atoms with Crippen LogP contribution in [0.15, 0.2) is 42.1 Å². The summed E-state index contributed by atoms with van der Waals surface area (Å²) in [7, 11) is 2.89. The van der Waals surface area contributed by atoms with Crippen molar-refractivity contribution in [3.63, 3.8) is 0 Å². The van der Waals surface area contributed by atoms with Crippen molar-refractivity contribution >= 4 is 86.2 Å². The third-order valence-corrected chi connectivity index (χ3v) is 6.61. The molecule has 1 fully saturated rings. The molecule has 31 heavy (non-hydrogen) atoms. The summed E-state index contributed by atoms with van der Waals surface area (Å²) in [6.45, 7) is 1.90. The first-order valence-electron chi connectivity index (χ1n) is 9.37. The van der Waals surface area contributed by atoms with Gasteiger partial charge in [-0.05, 0) is 99.7 Å². The first-order valence-corrected chi connectivity index (χ1v) is 11.9. The number of hydrogen-bond donors (Lipinski definition) is 0. The lowest BCUT2D eigenvalue weighted by molar-refractivity contribution is -0.140. The zero-order valence-electron chi connectivity index (χ0n) is 17.1. The van der Waals surface area contributed by atoms with E-state index < -0.39 is 5.97 Å². The van der Waals surface area contributed by atoms with E-state index in [0.717, 1.165) is 24.7 Å². The van der Waals surface area contributed by atoms with E-state index in [2.05, 4.69) is 52.1 Å². The molecule has 1 amide bonds. The van der Waals surface area contributed by atoms with Crippen LogP contribution in [0, 0.1) is 7.14 Å². The standard InChI is InChI=1S/C22H20I2N2O4S/c1-4-13-5-7-16(8-6-13)26-21(28)18(25(22(26)31)12-19(27)29-2)10-14-9-15(23)11-17(24)20(14)30-3/h5-11H,4,12H2,1-3H3/b18-10-. The summed E-state index contributed by atoms with van der Waals surface area (Å²) in [5.74, 6) is -0.154. The number of methoxy groups -OCH3 is 2. The average Bonchev–Trinajstić information content (AvgIpc) is 2.97. The topological polar surface area (TPSA) is 59.1 Å². The summed E-state index contributed by atoms with van der Waals surface area (Å²) in [5.41, 5.74) is 2.81. The van der Waals surface area contributed by atoms with Gasteiger partial charge >= 0.3 is 5.97 Å². The predicted molar refractivity (Wildman–Crippen MR) is 141 cm³/mol. The molecular formula is C22H20I2N2O4S. The van der Waals surface area contributed by atoms with Gasteiger partial charge in [-0.1, -0.05) is 19.1 Å². The van der Waals surface area contributed by atoms with Crippen LogP contribution in [0.5, 0.6) is 5.75 Å². The lowest BCUT2D eigenvalue weighted by atomic mass is 10.1. The van der Waals surface area contributed by atoms with Gasteiger partial charge in [-0.15, -0.1) is 0 Å². The number of thiocarbonyl (C=S) groups is 1. The Bertz CT molecular complexity index is 1070.